The van der Waals surface area contributed by atoms with Crippen molar-refractivity contribution >= 4 is 5.91 Å². The third kappa shape index (κ3) is 4.61. The Hall–Kier alpha value is -2.33. The topological polar surface area (TPSA) is 58.6 Å². The minimum atomic E-state index is -0.188. The highest BCUT2D eigenvalue weighted by atomic mass is 16.5. The van der Waals surface area contributed by atoms with Crippen LogP contribution in [0.3, 0.4) is 0 Å². The van der Waals surface area contributed by atoms with Crippen LogP contribution in [-0.2, 0) is 6.61 Å². The van der Waals surface area contributed by atoms with Gasteiger partial charge in [0.1, 0.15) is 12.4 Å². The molecule has 0 spiro atoms. The molecular formula is C17H19NO3. The van der Waals surface area contributed by atoms with E-state index in [0.29, 0.717) is 30.9 Å². The number of rotatable bonds is 7. The highest BCUT2D eigenvalue weighted by Gasteiger charge is 2.11. The van der Waals surface area contributed by atoms with E-state index < -0.39 is 0 Å². The number of aliphatic hydroxyl groups is 1. The van der Waals surface area contributed by atoms with Gasteiger partial charge in [-0.15, -0.1) is 0 Å². The Bertz CT molecular complexity index is 569. The molecule has 2 N–H and O–H groups in total. The molecular weight excluding hydrogens is 266 g/mol. The van der Waals surface area contributed by atoms with Crippen LogP contribution in [0.15, 0.2) is 54.6 Å². The van der Waals surface area contributed by atoms with Gasteiger partial charge in [-0.05, 0) is 24.1 Å². The van der Waals surface area contributed by atoms with Crippen LogP contribution in [0, 0.1) is 0 Å². The zero-order chi connectivity index (χ0) is 14.9. The predicted octanol–water partition coefficient (Wildman–Crippen LogP) is 2.38. The summed E-state index contributed by atoms with van der Waals surface area (Å²) in [5.74, 6) is 0.370. The summed E-state index contributed by atoms with van der Waals surface area (Å²) < 4.78 is 5.74. The molecule has 4 nitrogen and oxygen atoms in total. The molecule has 4 heteroatoms. The minimum Gasteiger partial charge on any atom is -0.488 e. The van der Waals surface area contributed by atoms with Crippen molar-refractivity contribution in [2.45, 2.75) is 13.0 Å². The van der Waals surface area contributed by atoms with Gasteiger partial charge in [-0.2, -0.15) is 0 Å². The minimum absolute atomic E-state index is 0.0619. The molecule has 0 aromatic heterocycles. The van der Waals surface area contributed by atoms with Gasteiger partial charge in [0.05, 0.1) is 5.56 Å². The van der Waals surface area contributed by atoms with Crippen LogP contribution in [0.1, 0.15) is 22.3 Å². The lowest BCUT2D eigenvalue weighted by molar-refractivity contribution is 0.0946. The maximum atomic E-state index is 12.1. The number of aliphatic hydroxyl groups excluding tert-OH is 1. The fourth-order valence-corrected chi connectivity index (χ4v) is 1.89. The van der Waals surface area contributed by atoms with Crippen LogP contribution in [0.2, 0.25) is 0 Å². The standard InChI is InChI=1S/C17H19NO3/c19-12-6-11-18-17(20)15-9-4-5-10-16(15)21-13-14-7-2-1-3-8-14/h1-5,7-10,19H,6,11-13H2,(H,18,20). The van der Waals surface area contributed by atoms with Crippen molar-refractivity contribution in [2.75, 3.05) is 13.2 Å². The monoisotopic (exact) mass is 285 g/mol. The van der Waals surface area contributed by atoms with Gasteiger partial charge >= 0.3 is 0 Å². The summed E-state index contributed by atoms with van der Waals surface area (Å²) in [5.41, 5.74) is 1.55. The van der Waals surface area contributed by atoms with Gasteiger partial charge in [0.25, 0.3) is 5.91 Å². The van der Waals surface area contributed by atoms with Gasteiger partial charge in [-0.1, -0.05) is 42.5 Å². The van der Waals surface area contributed by atoms with E-state index in [1.165, 1.54) is 0 Å². The average molecular weight is 285 g/mol. The zero-order valence-corrected chi connectivity index (χ0v) is 11.8. The second kappa shape index (κ2) is 8.07. The van der Waals surface area contributed by atoms with Crippen LogP contribution in [0.25, 0.3) is 0 Å². The molecule has 110 valence electrons. The fraction of sp³-hybridized carbons (Fsp3) is 0.235. The molecule has 0 aliphatic rings. The van der Waals surface area contributed by atoms with Gasteiger partial charge in [0, 0.05) is 13.2 Å². The predicted molar refractivity (Wildman–Crippen MR) is 81.3 cm³/mol. The molecule has 0 bridgehead atoms. The smallest absolute Gasteiger partial charge is 0.255 e. The summed E-state index contributed by atoms with van der Waals surface area (Å²) in [5, 5.41) is 11.5. The van der Waals surface area contributed by atoms with Gasteiger partial charge in [-0.25, -0.2) is 0 Å². The summed E-state index contributed by atoms with van der Waals surface area (Å²) in [6.07, 6.45) is 0.540. The molecule has 2 aromatic rings. The molecule has 0 radical (unpaired) electrons. The molecule has 0 heterocycles. The Morgan fingerprint density at radius 3 is 2.52 bits per heavy atom. The van der Waals surface area contributed by atoms with E-state index in [9.17, 15) is 4.79 Å². The van der Waals surface area contributed by atoms with Crippen LogP contribution in [0.4, 0.5) is 0 Å². The van der Waals surface area contributed by atoms with Crippen molar-refractivity contribution in [2.24, 2.45) is 0 Å². The molecule has 0 atom stereocenters. The average Bonchev–Trinajstić information content (AvgIpc) is 2.54. The first-order valence-corrected chi connectivity index (χ1v) is 6.96. The van der Waals surface area contributed by atoms with Crippen LogP contribution < -0.4 is 10.1 Å². The Balaban J connectivity index is 2.01. The second-order valence-corrected chi connectivity index (χ2v) is 4.60. The molecule has 0 saturated carbocycles. The van der Waals surface area contributed by atoms with E-state index in [4.69, 9.17) is 9.84 Å². The first-order valence-electron chi connectivity index (χ1n) is 6.96. The molecule has 2 aromatic carbocycles. The summed E-state index contributed by atoms with van der Waals surface area (Å²) >= 11 is 0. The zero-order valence-electron chi connectivity index (χ0n) is 11.8. The first-order chi connectivity index (χ1) is 10.3. The second-order valence-electron chi connectivity index (χ2n) is 4.60. The largest absolute Gasteiger partial charge is 0.488 e. The van der Waals surface area contributed by atoms with Crippen molar-refractivity contribution in [3.63, 3.8) is 0 Å². The Labute approximate surface area is 124 Å². The highest BCUT2D eigenvalue weighted by Crippen LogP contribution is 2.19. The van der Waals surface area contributed by atoms with Gasteiger partial charge in [-0.3, -0.25) is 4.79 Å². The molecule has 0 unspecified atom stereocenters. The summed E-state index contributed by atoms with van der Waals surface area (Å²) in [6, 6.07) is 17.0. The van der Waals surface area contributed by atoms with E-state index in [-0.39, 0.29) is 12.5 Å². The molecule has 0 saturated heterocycles. The number of benzene rings is 2. The lowest BCUT2D eigenvalue weighted by atomic mass is 10.2. The first kappa shape index (κ1) is 15.1. The summed E-state index contributed by atoms with van der Waals surface area (Å²) in [4.78, 5) is 12.1. The number of para-hydroxylation sites is 1. The summed E-state index contributed by atoms with van der Waals surface area (Å²) in [6.45, 7) is 0.927. The normalized spacial score (nSPS) is 10.1. The van der Waals surface area contributed by atoms with E-state index in [1.807, 2.05) is 36.4 Å². The lowest BCUT2D eigenvalue weighted by Gasteiger charge is -2.11. The quantitative estimate of drug-likeness (QED) is 0.768. The van der Waals surface area contributed by atoms with Crippen molar-refractivity contribution in [3.05, 3.63) is 65.7 Å². The molecule has 1 amide bonds. The van der Waals surface area contributed by atoms with Gasteiger partial charge in [0.15, 0.2) is 0 Å². The van der Waals surface area contributed by atoms with Crippen molar-refractivity contribution < 1.29 is 14.6 Å². The maximum Gasteiger partial charge on any atom is 0.255 e. The third-order valence-electron chi connectivity index (χ3n) is 2.99. The van der Waals surface area contributed by atoms with Gasteiger partial charge in [0.2, 0.25) is 0 Å². The Kier molecular flexibility index (Phi) is 5.79. The third-order valence-corrected chi connectivity index (χ3v) is 2.99. The van der Waals surface area contributed by atoms with Crippen LogP contribution >= 0.6 is 0 Å². The van der Waals surface area contributed by atoms with Crippen molar-refractivity contribution in [1.29, 1.82) is 0 Å². The number of hydrogen-bond acceptors (Lipinski definition) is 3. The highest BCUT2D eigenvalue weighted by molar-refractivity contribution is 5.96. The number of nitrogens with one attached hydrogen (secondary N) is 1. The molecule has 0 aliphatic heterocycles. The van der Waals surface area contributed by atoms with E-state index in [1.54, 1.807) is 18.2 Å². The maximum absolute atomic E-state index is 12.1. The number of carbonyl (C=O) groups excluding carboxylic acids is 1. The van der Waals surface area contributed by atoms with Gasteiger partial charge < -0.3 is 15.2 Å². The molecule has 21 heavy (non-hydrogen) atoms. The lowest BCUT2D eigenvalue weighted by Crippen LogP contribution is -2.25. The molecule has 2 rings (SSSR count). The van der Waals surface area contributed by atoms with E-state index in [2.05, 4.69) is 5.32 Å². The SMILES string of the molecule is O=C(NCCCO)c1ccccc1OCc1ccccc1. The molecule has 0 aliphatic carbocycles. The van der Waals surface area contributed by atoms with Crippen molar-refractivity contribution in [3.8, 4) is 5.75 Å². The van der Waals surface area contributed by atoms with E-state index >= 15 is 0 Å². The van der Waals surface area contributed by atoms with E-state index in [0.717, 1.165) is 5.56 Å². The van der Waals surface area contributed by atoms with Crippen molar-refractivity contribution in [1.82, 2.24) is 5.32 Å². The molecule has 0 fully saturated rings. The number of hydrogen-bond donors (Lipinski definition) is 2. The van der Waals surface area contributed by atoms with Crippen LogP contribution in [-0.4, -0.2) is 24.2 Å². The number of amides is 1. The Morgan fingerprint density at radius 2 is 1.76 bits per heavy atom. The van der Waals surface area contributed by atoms with Crippen LogP contribution in [0.5, 0.6) is 5.75 Å². The number of ether oxygens (including phenoxy) is 1. The summed E-state index contributed by atoms with van der Waals surface area (Å²) in [7, 11) is 0. The number of carbonyl (C=O) groups is 1. The fourth-order valence-electron chi connectivity index (χ4n) is 1.89. The Morgan fingerprint density at radius 1 is 1.05 bits per heavy atom.